The second-order valence-electron chi connectivity index (χ2n) is 6.59. The molecule has 0 aliphatic rings. The Balaban J connectivity index is 2.32. The summed E-state index contributed by atoms with van der Waals surface area (Å²) in [5.74, 6) is 1.29. The Morgan fingerprint density at radius 3 is 2.23 bits per heavy atom. The summed E-state index contributed by atoms with van der Waals surface area (Å²) in [5, 5.41) is 2.74. The molecule has 0 aromatic heterocycles. The Hall–Kier alpha value is -1.75. The molecule has 0 aliphatic heterocycles. The first kappa shape index (κ1) is 18.3. The van der Waals surface area contributed by atoms with Crippen molar-refractivity contribution in [1.29, 1.82) is 0 Å². The van der Waals surface area contributed by atoms with Crippen LogP contribution in [0.25, 0.3) is 0 Å². The van der Waals surface area contributed by atoms with Crippen LogP contribution in [-0.2, 0) is 0 Å². The number of hydrogen-bond acceptors (Lipinski definition) is 4. The summed E-state index contributed by atoms with van der Waals surface area (Å²) in [6, 6.07) is 7.09. The van der Waals surface area contributed by atoms with Crippen LogP contribution in [0.2, 0.25) is 0 Å². The average molecular weight is 308 g/mol. The van der Waals surface area contributed by atoms with E-state index >= 15 is 0 Å². The molecule has 1 N–H and O–H groups in total. The highest BCUT2D eigenvalue weighted by Crippen LogP contribution is 2.18. The van der Waals surface area contributed by atoms with Gasteiger partial charge in [-0.2, -0.15) is 0 Å². The van der Waals surface area contributed by atoms with Gasteiger partial charge >= 0.3 is 6.09 Å². The summed E-state index contributed by atoms with van der Waals surface area (Å²) in [6.07, 6.45) is 1.68. The Bertz CT molecular complexity index is 450. The highest BCUT2D eigenvalue weighted by Gasteiger charge is 2.15. The number of rotatable bonds is 7. The fourth-order valence-corrected chi connectivity index (χ4v) is 1.76. The zero-order valence-electron chi connectivity index (χ0n) is 14.3. The molecule has 1 amide bonds. The first-order chi connectivity index (χ1) is 10.3. The predicted octanol–water partition coefficient (Wildman–Crippen LogP) is 3.29. The molecule has 1 aromatic rings. The number of nitrogens with one attached hydrogen (secondary N) is 1. The quantitative estimate of drug-likeness (QED) is 0.785. The van der Waals surface area contributed by atoms with Crippen molar-refractivity contribution >= 4 is 6.09 Å². The van der Waals surface area contributed by atoms with Crippen molar-refractivity contribution in [2.24, 2.45) is 0 Å². The summed E-state index contributed by atoms with van der Waals surface area (Å²) in [4.78, 5) is 13.8. The van der Waals surface area contributed by atoms with Crippen LogP contribution in [0.5, 0.6) is 11.5 Å². The first-order valence-electron chi connectivity index (χ1n) is 7.64. The minimum atomic E-state index is -0.454. The third kappa shape index (κ3) is 8.52. The number of hydrogen-bond donors (Lipinski definition) is 1. The summed E-state index contributed by atoms with van der Waals surface area (Å²) >= 11 is 0. The molecule has 0 heterocycles. The van der Waals surface area contributed by atoms with Crippen molar-refractivity contribution in [2.75, 3.05) is 27.2 Å². The van der Waals surface area contributed by atoms with Crippen molar-refractivity contribution in [2.45, 2.75) is 39.2 Å². The Kier molecular flexibility index (Phi) is 7.18. The van der Waals surface area contributed by atoms with Crippen LogP contribution in [0.1, 0.15) is 33.6 Å². The van der Waals surface area contributed by atoms with Gasteiger partial charge in [0.2, 0.25) is 0 Å². The third-order valence-corrected chi connectivity index (χ3v) is 2.78. The summed E-state index contributed by atoms with van der Waals surface area (Å²) < 4.78 is 10.9. The number of nitrogens with zero attached hydrogens (tertiary/aromatic N) is 1. The van der Waals surface area contributed by atoms with E-state index in [-0.39, 0.29) is 5.54 Å². The molecule has 0 unspecified atom stereocenters. The van der Waals surface area contributed by atoms with Gasteiger partial charge in [0.25, 0.3) is 0 Å². The number of carbonyl (C=O) groups is 1. The lowest BCUT2D eigenvalue weighted by Gasteiger charge is -2.19. The van der Waals surface area contributed by atoms with Gasteiger partial charge in [-0.15, -0.1) is 0 Å². The molecule has 22 heavy (non-hydrogen) atoms. The lowest BCUT2D eigenvalue weighted by atomic mass is 10.1. The van der Waals surface area contributed by atoms with Crippen molar-refractivity contribution in [1.82, 2.24) is 10.2 Å². The molecular weight excluding hydrogens is 280 g/mol. The van der Waals surface area contributed by atoms with E-state index < -0.39 is 6.09 Å². The van der Waals surface area contributed by atoms with Crippen molar-refractivity contribution in [3.63, 3.8) is 0 Å². The molecule has 0 atom stereocenters. The highest BCUT2D eigenvalue weighted by atomic mass is 16.6. The monoisotopic (exact) mass is 308 g/mol. The van der Waals surface area contributed by atoms with E-state index in [1.807, 2.05) is 32.9 Å². The molecule has 124 valence electrons. The van der Waals surface area contributed by atoms with Crippen molar-refractivity contribution in [3.05, 3.63) is 24.3 Å². The number of benzene rings is 1. The second kappa shape index (κ2) is 8.63. The summed E-state index contributed by atoms with van der Waals surface area (Å²) in [5.41, 5.74) is -0.313. The molecule has 0 fully saturated rings. The maximum absolute atomic E-state index is 11.6. The van der Waals surface area contributed by atoms with Gasteiger partial charge in [0.15, 0.2) is 0 Å². The van der Waals surface area contributed by atoms with Gasteiger partial charge in [0.05, 0.1) is 6.61 Å². The molecule has 0 aliphatic carbocycles. The zero-order chi connectivity index (χ0) is 16.6. The van der Waals surface area contributed by atoms with Crippen LogP contribution in [0.4, 0.5) is 4.79 Å². The Morgan fingerprint density at radius 2 is 1.68 bits per heavy atom. The minimum Gasteiger partial charge on any atom is -0.494 e. The number of ether oxygens (including phenoxy) is 2. The topological polar surface area (TPSA) is 50.8 Å². The van der Waals surface area contributed by atoms with Gasteiger partial charge in [-0.3, -0.25) is 0 Å². The van der Waals surface area contributed by atoms with Gasteiger partial charge in [0.1, 0.15) is 11.5 Å². The third-order valence-electron chi connectivity index (χ3n) is 2.78. The first-order valence-corrected chi connectivity index (χ1v) is 7.64. The molecule has 0 saturated heterocycles. The molecule has 1 rings (SSSR count). The molecule has 0 bridgehead atoms. The fraction of sp³-hybridized carbons (Fsp3) is 0.588. The number of carbonyl (C=O) groups excluding carboxylic acids is 1. The van der Waals surface area contributed by atoms with Crippen molar-refractivity contribution < 1.29 is 14.3 Å². The number of amides is 1. The van der Waals surface area contributed by atoms with Gasteiger partial charge in [-0.25, -0.2) is 4.79 Å². The SMILES string of the molecule is CN(C)CCCCOc1ccc(OC(=O)NC(C)(C)C)cc1. The van der Waals surface area contributed by atoms with E-state index in [2.05, 4.69) is 24.3 Å². The van der Waals surface area contributed by atoms with E-state index in [0.29, 0.717) is 12.4 Å². The van der Waals surface area contributed by atoms with Crippen molar-refractivity contribution in [3.8, 4) is 11.5 Å². The molecule has 0 saturated carbocycles. The Labute approximate surface area is 133 Å². The highest BCUT2D eigenvalue weighted by molar-refractivity contribution is 5.71. The lowest BCUT2D eigenvalue weighted by molar-refractivity contribution is 0.190. The van der Waals surface area contributed by atoms with E-state index in [4.69, 9.17) is 9.47 Å². The molecule has 0 spiro atoms. The minimum absolute atomic E-state index is 0.313. The summed E-state index contributed by atoms with van der Waals surface area (Å²) in [6.45, 7) is 7.47. The predicted molar refractivity (Wildman–Crippen MR) is 88.6 cm³/mol. The molecule has 5 nitrogen and oxygen atoms in total. The van der Waals surface area contributed by atoms with Crippen LogP contribution in [-0.4, -0.2) is 43.8 Å². The maximum Gasteiger partial charge on any atom is 0.413 e. The smallest absolute Gasteiger partial charge is 0.413 e. The molecular formula is C17H28N2O3. The van der Waals surface area contributed by atoms with Gasteiger partial charge in [-0.1, -0.05) is 0 Å². The van der Waals surface area contributed by atoms with Gasteiger partial charge < -0.3 is 19.7 Å². The van der Waals surface area contributed by atoms with E-state index in [9.17, 15) is 4.79 Å². The molecule has 1 aromatic carbocycles. The number of unbranched alkanes of at least 4 members (excludes halogenated alkanes) is 1. The van der Waals surface area contributed by atoms with E-state index in [1.54, 1.807) is 12.1 Å². The van der Waals surface area contributed by atoms with Crippen LogP contribution in [0.3, 0.4) is 0 Å². The molecule has 0 radical (unpaired) electrons. The molecule has 5 heteroatoms. The van der Waals surface area contributed by atoms with Gasteiger partial charge in [-0.05, 0) is 78.5 Å². The fourth-order valence-electron chi connectivity index (χ4n) is 1.76. The zero-order valence-corrected chi connectivity index (χ0v) is 14.3. The van der Waals surface area contributed by atoms with Crippen LogP contribution in [0.15, 0.2) is 24.3 Å². The second-order valence-corrected chi connectivity index (χ2v) is 6.59. The summed E-state index contributed by atoms with van der Waals surface area (Å²) in [7, 11) is 4.13. The lowest BCUT2D eigenvalue weighted by Crippen LogP contribution is -2.42. The van der Waals surface area contributed by atoms with Gasteiger partial charge in [0, 0.05) is 5.54 Å². The standard InChI is InChI=1S/C17H28N2O3/c1-17(2,3)18-16(20)22-15-10-8-14(9-11-15)21-13-7-6-12-19(4)5/h8-11H,6-7,12-13H2,1-5H3,(H,18,20). The average Bonchev–Trinajstić information content (AvgIpc) is 2.37. The largest absolute Gasteiger partial charge is 0.494 e. The normalized spacial score (nSPS) is 11.4. The van der Waals surface area contributed by atoms with Crippen LogP contribution in [0, 0.1) is 0 Å². The Morgan fingerprint density at radius 1 is 1.09 bits per heavy atom. The van der Waals surface area contributed by atoms with E-state index in [0.717, 1.165) is 25.1 Å². The van der Waals surface area contributed by atoms with Crippen LogP contribution < -0.4 is 14.8 Å². The van der Waals surface area contributed by atoms with Crippen LogP contribution >= 0.6 is 0 Å². The maximum atomic E-state index is 11.6. The van der Waals surface area contributed by atoms with E-state index in [1.165, 1.54) is 0 Å².